The van der Waals surface area contributed by atoms with Crippen LogP contribution >= 0.6 is 0 Å². The highest BCUT2D eigenvalue weighted by atomic mass is 16.5. The van der Waals surface area contributed by atoms with E-state index in [1.165, 1.54) is 32.1 Å². The molecule has 1 aliphatic rings. The molecule has 0 saturated heterocycles. The quantitative estimate of drug-likeness (QED) is 0.529. The topological polar surface area (TPSA) is 21.3 Å². The highest BCUT2D eigenvalue weighted by Gasteiger charge is 2.20. The highest BCUT2D eigenvalue weighted by molar-refractivity contribution is 4.83. The molecule has 0 aliphatic heterocycles. The number of unbranched alkanes of at least 4 members (excludes halogenated alkanes) is 1. The molecule has 1 rings (SSSR count). The molecule has 0 aromatic rings. The molecule has 92 valence electrons. The van der Waals surface area contributed by atoms with Crippen molar-refractivity contribution in [3.63, 3.8) is 0 Å². The zero-order chi connectivity index (χ0) is 11.6. The van der Waals surface area contributed by atoms with E-state index in [1.807, 2.05) is 0 Å². The number of hydrogen-bond donors (Lipinski definition) is 1. The third kappa shape index (κ3) is 5.53. The highest BCUT2D eigenvalue weighted by Crippen LogP contribution is 2.21. The summed E-state index contributed by atoms with van der Waals surface area (Å²) in [5, 5.41) is 3.59. The maximum absolute atomic E-state index is 5.81. The largest absolute Gasteiger partial charge is 0.378 e. The number of terminal acetylenes is 1. The van der Waals surface area contributed by atoms with Gasteiger partial charge in [-0.1, -0.05) is 6.92 Å². The van der Waals surface area contributed by atoms with Crippen LogP contribution in [0, 0.1) is 12.3 Å². The minimum atomic E-state index is 0.484. The van der Waals surface area contributed by atoms with Crippen LogP contribution in [0.1, 0.15) is 51.9 Å². The van der Waals surface area contributed by atoms with Crippen molar-refractivity contribution < 1.29 is 4.74 Å². The first-order valence-electron chi connectivity index (χ1n) is 6.65. The zero-order valence-corrected chi connectivity index (χ0v) is 10.5. The van der Waals surface area contributed by atoms with Crippen molar-refractivity contribution in [3.8, 4) is 12.3 Å². The number of hydrogen-bond acceptors (Lipinski definition) is 2. The summed E-state index contributed by atoms with van der Waals surface area (Å²) in [5.74, 6) is 2.65. The predicted molar refractivity (Wildman–Crippen MR) is 68.4 cm³/mol. The molecule has 0 heterocycles. The van der Waals surface area contributed by atoms with Gasteiger partial charge in [-0.15, -0.1) is 12.3 Å². The van der Waals surface area contributed by atoms with Crippen molar-refractivity contribution in [2.75, 3.05) is 13.2 Å². The average Bonchev–Trinajstić information content (AvgIpc) is 2.33. The summed E-state index contributed by atoms with van der Waals surface area (Å²) < 4.78 is 5.81. The van der Waals surface area contributed by atoms with E-state index >= 15 is 0 Å². The Labute approximate surface area is 100 Å². The van der Waals surface area contributed by atoms with Crippen LogP contribution in [0.2, 0.25) is 0 Å². The van der Waals surface area contributed by atoms with Crippen molar-refractivity contribution in [1.82, 2.24) is 5.32 Å². The van der Waals surface area contributed by atoms with Crippen molar-refractivity contribution in [3.05, 3.63) is 0 Å². The fraction of sp³-hybridized carbons (Fsp3) is 0.857. The summed E-state index contributed by atoms with van der Waals surface area (Å²) in [4.78, 5) is 0. The van der Waals surface area contributed by atoms with Gasteiger partial charge in [0, 0.05) is 19.1 Å². The maximum Gasteiger partial charge on any atom is 0.0576 e. The molecule has 1 N–H and O–H groups in total. The van der Waals surface area contributed by atoms with E-state index in [0.29, 0.717) is 6.10 Å². The lowest BCUT2D eigenvalue weighted by atomic mass is 9.93. The van der Waals surface area contributed by atoms with Crippen LogP contribution in [0.4, 0.5) is 0 Å². The van der Waals surface area contributed by atoms with Crippen molar-refractivity contribution in [1.29, 1.82) is 0 Å². The molecule has 0 atom stereocenters. The first-order chi connectivity index (χ1) is 7.86. The van der Waals surface area contributed by atoms with Gasteiger partial charge >= 0.3 is 0 Å². The summed E-state index contributed by atoms with van der Waals surface area (Å²) >= 11 is 0. The van der Waals surface area contributed by atoms with Crippen molar-refractivity contribution in [2.24, 2.45) is 0 Å². The summed E-state index contributed by atoms with van der Waals surface area (Å²) in [6.45, 7) is 4.20. The summed E-state index contributed by atoms with van der Waals surface area (Å²) in [6.07, 6.45) is 13.7. The van der Waals surface area contributed by atoms with Gasteiger partial charge in [0.05, 0.1) is 6.10 Å². The standard InChI is InChI=1S/C14H25NO/c1-3-5-6-12-16-14-9-7-13(8-10-14)15-11-4-2/h1,13-15H,4-12H2,2H3. The summed E-state index contributed by atoms with van der Waals surface area (Å²) in [7, 11) is 0. The van der Waals surface area contributed by atoms with E-state index in [0.717, 1.165) is 32.0 Å². The smallest absolute Gasteiger partial charge is 0.0576 e. The minimum absolute atomic E-state index is 0.484. The van der Waals surface area contributed by atoms with Gasteiger partial charge in [-0.05, 0) is 45.1 Å². The van der Waals surface area contributed by atoms with Crippen LogP contribution in [0.25, 0.3) is 0 Å². The lowest BCUT2D eigenvalue weighted by Crippen LogP contribution is -2.35. The SMILES string of the molecule is C#CCCCOC1CCC(NCCC)CC1. The molecule has 1 aliphatic carbocycles. The average molecular weight is 223 g/mol. The van der Waals surface area contributed by atoms with Gasteiger partial charge in [-0.25, -0.2) is 0 Å². The van der Waals surface area contributed by atoms with Gasteiger partial charge < -0.3 is 10.1 Å². The van der Waals surface area contributed by atoms with Gasteiger partial charge in [0.1, 0.15) is 0 Å². The Morgan fingerprint density at radius 2 is 2.06 bits per heavy atom. The Balaban J connectivity index is 2.01. The Morgan fingerprint density at radius 1 is 1.31 bits per heavy atom. The van der Waals surface area contributed by atoms with Crippen LogP contribution in [0.3, 0.4) is 0 Å². The Morgan fingerprint density at radius 3 is 2.69 bits per heavy atom. The maximum atomic E-state index is 5.81. The molecule has 0 unspecified atom stereocenters. The second kappa shape index (κ2) is 8.61. The van der Waals surface area contributed by atoms with Gasteiger partial charge in [-0.2, -0.15) is 0 Å². The summed E-state index contributed by atoms with van der Waals surface area (Å²) in [6, 6.07) is 0.727. The van der Waals surface area contributed by atoms with Gasteiger partial charge in [0.15, 0.2) is 0 Å². The lowest BCUT2D eigenvalue weighted by Gasteiger charge is -2.29. The lowest BCUT2D eigenvalue weighted by molar-refractivity contribution is 0.0218. The van der Waals surface area contributed by atoms with Gasteiger partial charge in [0.2, 0.25) is 0 Å². The van der Waals surface area contributed by atoms with E-state index in [-0.39, 0.29) is 0 Å². The van der Waals surface area contributed by atoms with E-state index < -0.39 is 0 Å². The third-order valence-corrected chi connectivity index (χ3v) is 3.18. The van der Waals surface area contributed by atoms with Crippen LogP contribution in [0.5, 0.6) is 0 Å². The van der Waals surface area contributed by atoms with Crippen LogP contribution in [-0.4, -0.2) is 25.3 Å². The summed E-state index contributed by atoms with van der Waals surface area (Å²) in [5.41, 5.74) is 0. The fourth-order valence-electron chi connectivity index (χ4n) is 2.21. The Bertz CT molecular complexity index is 201. The van der Waals surface area contributed by atoms with Gasteiger partial charge in [0.25, 0.3) is 0 Å². The van der Waals surface area contributed by atoms with E-state index in [9.17, 15) is 0 Å². The van der Waals surface area contributed by atoms with E-state index in [2.05, 4.69) is 18.2 Å². The minimum Gasteiger partial charge on any atom is -0.378 e. The molecule has 1 saturated carbocycles. The van der Waals surface area contributed by atoms with Gasteiger partial charge in [-0.3, -0.25) is 0 Å². The molecule has 2 nitrogen and oxygen atoms in total. The van der Waals surface area contributed by atoms with E-state index in [1.54, 1.807) is 0 Å². The van der Waals surface area contributed by atoms with E-state index in [4.69, 9.17) is 11.2 Å². The van der Waals surface area contributed by atoms with Crippen molar-refractivity contribution >= 4 is 0 Å². The first kappa shape index (κ1) is 13.5. The fourth-order valence-corrected chi connectivity index (χ4v) is 2.21. The number of rotatable bonds is 7. The third-order valence-electron chi connectivity index (χ3n) is 3.18. The van der Waals surface area contributed by atoms with Crippen LogP contribution in [0.15, 0.2) is 0 Å². The van der Waals surface area contributed by atoms with Crippen molar-refractivity contribution in [2.45, 2.75) is 64.0 Å². The molecular weight excluding hydrogens is 198 g/mol. The number of nitrogens with one attached hydrogen (secondary N) is 1. The normalized spacial score (nSPS) is 25.2. The molecule has 1 fully saturated rings. The second-order valence-electron chi connectivity index (χ2n) is 4.61. The first-order valence-corrected chi connectivity index (χ1v) is 6.65. The van der Waals surface area contributed by atoms with Crippen LogP contribution < -0.4 is 5.32 Å². The molecule has 0 aromatic heterocycles. The molecular formula is C14H25NO. The second-order valence-corrected chi connectivity index (χ2v) is 4.61. The Hall–Kier alpha value is -0.520. The monoisotopic (exact) mass is 223 g/mol. The predicted octanol–water partition coefficient (Wildman–Crippen LogP) is 2.73. The molecule has 2 heteroatoms. The molecule has 0 aromatic carbocycles. The molecule has 0 amide bonds. The Kier molecular flexibility index (Phi) is 7.29. The molecule has 16 heavy (non-hydrogen) atoms. The number of ether oxygens (including phenoxy) is 1. The molecule has 0 bridgehead atoms. The molecule has 0 spiro atoms. The molecule has 0 radical (unpaired) electrons. The zero-order valence-electron chi connectivity index (χ0n) is 10.5. The van der Waals surface area contributed by atoms with Crippen LogP contribution in [-0.2, 0) is 4.74 Å².